The molecule has 0 aliphatic rings. The Bertz CT molecular complexity index is 1030. The van der Waals surface area contributed by atoms with Crippen molar-refractivity contribution in [3.8, 4) is 0 Å². The highest BCUT2D eigenvalue weighted by Gasteiger charge is 2.19. The number of nitrogens with zero attached hydrogens (tertiary/aromatic N) is 1. The van der Waals surface area contributed by atoms with Crippen LogP contribution < -0.4 is 10.6 Å². The van der Waals surface area contributed by atoms with Crippen LogP contribution in [0.25, 0.3) is 10.8 Å². The first kappa shape index (κ1) is 18.1. The number of amides is 2. The molecule has 0 heterocycles. The van der Waals surface area contributed by atoms with Crippen LogP contribution in [0.5, 0.6) is 0 Å². The zero-order chi connectivity index (χ0) is 19.4. The second kappa shape index (κ2) is 7.65. The molecule has 136 valence electrons. The first-order valence-corrected chi connectivity index (χ1v) is 8.29. The topological polar surface area (TPSA) is 101 Å². The fraction of sp³-hybridized carbons (Fsp3) is 0.100. The van der Waals surface area contributed by atoms with E-state index in [0.29, 0.717) is 5.69 Å². The third-order valence-corrected chi connectivity index (χ3v) is 4.11. The van der Waals surface area contributed by atoms with Crippen molar-refractivity contribution in [2.45, 2.75) is 13.0 Å². The second-order valence-electron chi connectivity index (χ2n) is 6.02. The first-order valence-electron chi connectivity index (χ1n) is 8.29. The van der Waals surface area contributed by atoms with E-state index in [1.165, 1.54) is 24.3 Å². The molecule has 0 saturated heterocycles. The van der Waals surface area contributed by atoms with Gasteiger partial charge in [-0.2, -0.15) is 0 Å². The Balaban J connectivity index is 1.71. The van der Waals surface area contributed by atoms with E-state index in [4.69, 9.17) is 0 Å². The van der Waals surface area contributed by atoms with E-state index in [9.17, 15) is 19.7 Å². The van der Waals surface area contributed by atoms with Crippen LogP contribution in [0.4, 0.5) is 11.4 Å². The summed E-state index contributed by atoms with van der Waals surface area (Å²) in [5.74, 6) is -0.940. The van der Waals surface area contributed by atoms with E-state index >= 15 is 0 Å². The molecular formula is C20H17N3O4. The lowest BCUT2D eigenvalue weighted by Gasteiger charge is -2.15. The van der Waals surface area contributed by atoms with Gasteiger partial charge in [0.05, 0.1) is 4.92 Å². The molecule has 0 saturated carbocycles. The smallest absolute Gasteiger partial charge is 0.270 e. The van der Waals surface area contributed by atoms with Gasteiger partial charge in [-0.25, -0.2) is 0 Å². The molecule has 0 aromatic heterocycles. The molecule has 0 aliphatic carbocycles. The summed E-state index contributed by atoms with van der Waals surface area (Å²) < 4.78 is 0. The lowest BCUT2D eigenvalue weighted by molar-refractivity contribution is -0.384. The summed E-state index contributed by atoms with van der Waals surface area (Å²) in [7, 11) is 0. The van der Waals surface area contributed by atoms with Crippen LogP contribution in [0.1, 0.15) is 17.3 Å². The lowest BCUT2D eigenvalue weighted by atomic mass is 10.1. The summed E-state index contributed by atoms with van der Waals surface area (Å²) in [6.07, 6.45) is 0. The number of fused-ring (bicyclic) bond motifs is 1. The molecule has 7 nitrogen and oxygen atoms in total. The van der Waals surface area contributed by atoms with E-state index < -0.39 is 16.9 Å². The van der Waals surface area contributed by atoms with Crippen LogP contribution in [-0.2, 0) is 4.79 Å². The third-order valence-electron chi connectivity index (χ3n) is 4.11. The average Bonchev–Trinajstić information content (AvgIpc) is 2.68. The van der Waals surface area contributed by atoms with Gasteiger partial charge in [0, 0.05) is 28.8 Å². The number of carbonyl (C=O) groups excluding carboxylic acids is 2. The Morgan fingerprint density at radius 2 is 1.70 bits per heavy atom. The van der Waals surface area contributed by atoms with Crippen molar-refractivity contribution in [3.63, 3.8) is 0 Å². The maximum Gasteiger partial charge on any atom is 0.270 e. The summed E-state index contributed by atoms with van der Waals surface area (Å²) in [6, 6.07) is 17.7. The minimum absolute atomic E-state index is 0.119. The van der Waals surface area contributed by atoms with Crippen molar-refractivity contribution in [3.05, 3.63) is 82.4 Å². The molecule has 0 spiro atoms. The van der Waals surface area contributed by atoms with Gasteiger partial charge in [0.15, 0.2) is 0 Å². The van der Waals surface area contributed by atoms with E-state index in [2.05, 4.69) is 10.6 Å². The second-order valence-corrected chi connectivity index (χ2v) is 6.02. The van der Waals surface area contributed by atoms with Crippen molar-refractivity contribution < 1.29 is 14.5 Å². The van der Waals surface area contributed by atoms with Crippen LogP contribution in [0.2, 0.25) is 0 Å². The van der Waals surface area contributed by atoms with Gasteiger partial charge in [0.25, 0.3) is 11.6 Å². The number of rotatable bonds is 5. The number of hydrogen-bond acceptors (Lipinski definition) is 4. The molecule has 3 aromatic rings. The Labute approximate surface area is 155 Å². The molecule has 2 amide bonds. The van der Waals surface area contributed by atoms with Crippen LogP contribution >= 0.6 is 0 Å². The van der Waals surface area contributed by atoms with E-state index in [1.54, 1.807) is 13.0 Å². The van der Waals surface area contributed by atoms with Crippen LogP contribution in [-0.4, -0.2) is 22.8 Å². The van der Waals surface area contributed by atoms with E-state index in [0.717, 1.165) is 10.8 Å². The maximum absolute atomic E-state index is 12.5. The minimum Gasteiger partial charge on any atom is -0.341 e. The van der Waals surface area contributed by atoms with E-state index in [-0.39, 0.29) is 17.2 Å². The van der Waals surface area contributed by atoms with Gasteiger partial charge in [0.1, 0.15) is 6.04 Å². The van der Waals surface area contributed by atoms with Crippen LogP contribution in [0.3, 0.4) is 0 Å². The van der Waals surface area contributed by atoms with Crippen molar-refractivity contribution in [1.29, 1.82) is 0 Å². The Morgan fingerprint density at radius 1 is 1.00 bits per heavy atom. The largest absolute Gasteiger partial charge is 0.341 e. The number of benzene rings is 3. The molecule has 0 radical (unpaired) electrons. The fourth-order valence-electron chi connectivity index (χ4n) is 2.68. The average molecular weight is 363 g/mol. The number of hydrogen-bond donors (Lipinski definition) is 2. The van der Waals surface area contributed by atoms with Gasteiger partial charge in [-0.3, -0.25) is 19.7 Å². The molecule has 1 unspecified atom stereocenters. The molecule has 2 N–H and O–H groups in total. The summed E-state index contributed by atoms with van der Waals surface area (Å²) >= 11 is 0. The molecule has 3 aromatic carbocycles. The predicted octanol–water partition coefficient (Wildman–Crippen LogP) is 3.51. The summed E-state index contributed by atoms with van der Waals surface area (Å²) in [4.78, 5) is 35.0. The number of anilines is 1. The first-order chi connectivity index (χ1) is 13.0. The Hall–Kier alpha value is -3.74. The molecule has 7 heteroatoms. The zero-order valence-corrected chi connectivity index (χ0v) is 14.5. The van der Waals surface area contributed by atoms with Crippen molar-refractivity contribution in [2.24, 2.45) is 0 Å². The maximum atomic E-state index is 12.5. The van der Waals surface area contributed by atoms with Crippen molar-refractivity contribution >= 4 is 34.0 Å². The lowest BCUT2D eigenvalue weighted by Crippen LogP contribution is -2.41. The fourth-order valence-corrected chi connectivity index (χ4v) is 2.68. The van der Waals surface area contributed by atoms with Gasteiger partial charge in [-0.15, -0.1) is 0 Å². The highest BCUT2D eigenvalue weighted by atomic mass is 16.6. The molecule has 27 heavy (non-hydrogen) atoms. The Morgan fingerprint density at radius 3 is 2.48 bits per heavy atom. The molecule has 0 aliphatic heterocycles. The van der Waals surface area contributed by atoms with Gasteiger partial charge in [-0.05, 0) is 24.4 Å². The van der Waals surface area contributed by atoms with Crippen molar-refractivity contribution in [1.82, 2.24) is 5.32 Å². The van der Waals surface area contributed by atoms with Gasteiger partial charge in [0.2, 0.25) is 5.91 Å². The number of nitro groups is 1. The number of nitro benzene ring substituents is 1. The van der Waals surface area contributed by atoms with Crippen molar-refractivity contribution in [2.75, 3.05) is 5.32 Å². The molecule has 0 bridgehead atoms. The highest BCUT2D eigenvalue weighted by Crippen LogP contribution is 2.23. The zero-order valence-electron chi connectivity index (χ0n) is 14.5. The summed E-state index contributed by atoms with van der Waals surface area (Å²) in [5.41, 5.74) is 0.582. The molecule has 1 atom stereocenters. The van der Waals surface area contributed by atoms with Crippen LogP contribution in [0.15, 0.2) is 66.7 Å². The highest BCUT2D eigenvalue weighted by molar-refractivity contribution is 6.05. The molecular weight excluding hydrogens is 346 g/mol. The van der Waals surface area contributed by atoms with Gasteiger partial charge < -0.3 is 10.6 Å². The third kappa shape index (κ3) is 4.09. The minimum atomic E-state index is -0.823. The molecule has 3 rings (SSSR count). The van der Waals surface area contributed by atoms with Gasteiger partial charge in [-0.1, -0.05) is 42.5 Å². The summed E-state index contributed by atoms with van der Waals surface area (Å²) in [6.45, 7) is 1.55. The number of nitrogens with one attached hydrogen (secondary N) is 2. The van der Waals surface area contributed by atoms with Gasteiger partial charge >= 0.3 is 0 Å². The van der Waals surface area contributed by atoms with E-state index in [1.807, 2.05) is 36.4 Å². The molecule has 0 fully saturated rings. The number of carbonyl (C=O) groups is 2. The van der Waals surface area contributed by atoms with Crippen LogP contribution in [0, 0.1) is 10.1 Å². The standard InChI is InChI=1S/C20H17N3O4/c1-13(21-20(25)15-8-4-9-16(12-15)23(26)27)19(24)22-18-11-5-7-14-6-2-3-10-17(14)18/h2-13H,1H3,(H,21,25)(H,22,24). The predicted molar refractivity (Wildman–Crippen MR) is 103 cm³/mol. The monoisotopic (exact) mass is 363 g/mol. The Kier molecular flexibility index (Phi) is 5.12. The SMILES string of the molecule is CC(NC(=O)c1cccc([N+](=O)[O-])c1)C(=O)Nc1cccc2ccccc12. The summed E-state index contributed by atoms with van der Waals surface area (Å²) in [5, 5.41) is 18.1. The normalized spacial score (nSPS) is 11.6. The number of non-ortho nitro benzene ring substituents is 1. The quantitative estimate of drug-likeness (QED) is 0.535.